The monoisotopic (exact) mass is 587 g/mol. The molecular weight excluding hydrogens is 550 g/mol. The van der Waals surface area contributed by atoms with Gasteiger partial charge < -0.3 is 37.9 Å². The van der Waals surface area contributed by atoms with Gasteiger partial charge in [0.2, 0.25) is 0 Å². The number of rotatable bonds is 8. The molecule has 0 aliphatic carbocycles. The second-order valence-corrected chi connectivity index (χ2v) is 8.10. The van der Waals surface area contributed by atoms with Gasteiger partial charge in [0.05, 0.1) is 24.0 Å². The van der Waals surface area contributed by atoms with Crippen LogP contribution in [0.4, 0.5) is 23.0 Å². The lowest BCUT2D eigenvalue weighted by Gasteiger charge is -2.18. The quantitative estimate of drug-likeness (QED) is 0.0665. The molecule has 0 aliphatic heterocycles. The molecule has 0 saturated carbocycles. The second kappa shape index (κ2) is 17.0. The van der Waals surface area contributed by atoms with Crippen molar-refractivity contribution in [3.05, 3.63) is 64.4 Å². The molecule has 41 heavy (non-hydrogen) atoms. The van der Waals surface area contributed by atoms with E-state index >= 15 is 0 Å². The van der Waals surface area contributed by atoms with E-state index in [0.717, 1.165) is 5.12 Å². The van der Waals surface area contributed by atoms with Crippen molar-refractivity contribution in [1.29, 1.82) is 0 Å². The SMILES string of the molecule is CC.CCNC(=O)c1cccc(N)n1.CNC(=O)c1c(Nc2cccc(/C(N)=N/N(C)N)c2OC)cc(Cl)nc1N. The molecule has 0 unspecified atom stereocenters. The van der Waals surface area contributed by atoms with Crippen LogP contribution >= 0.6 is 11.6 Å². The maximum atomic E-state index is 12.2. The minimum Gasteiger partial charge on any atom is -0.494 e. The number of carbonyl (C=O) groups is 2. The van der Waals surface area contributed by atoms with Crippen molar-refractivity contribution in [2.75, 3.05) is 44.5 Å². The number of hydrazine groups is 1. The average Bonchev–Trinajstić information content (AvgIpc) is 2.93. The first-order valence-electron chi connectivity index (χ1n) is 12.5. The number of hydrogen-bond donors (Lipinski definition) is 7. The number of carbonyl (C=O) groups excluding carboxylic acids is 2. The van der Waals surface area contributed by atoms with Gasteiger partial charge in [0.15, 0.2) is 11.6 Å². The molecule has 0 atom stereocenters. The van der Waals surface area contributed by atoms with Crippen LogP contribution in [0.2, 0.25) is 5.15 Å². The van der Waals surface area contributed by atoms with Gasteiger partial charge in [-0.25, -0.2) is 20.9 Å². The van der Waals surface area contributed by atoms with Gasteiger partial charge in [-0.1, -0.05) is 37.6 Å². The zero-order valence-corrected chi connectivity index (χ0v) is 24.7. The van der Waals surface area contributed by atoms with E-state index in [1.807, 2.05) is 20.8 Å². The van der Waals surface area contributed by atoms with Crippen LogP contribution in [0, 0.1) is 0 Å². The van der Waals surface area contributed by atoms with Gasteiger partial charge in [-0.2, -0.15) is 0 Å². The van der Waals surface area contributed by atoms with E-state index in [0.29, 0.717) is 40.7 Å². The number of nitrogens with zero attached hydrogens (tertiary/aromatic N) is 4. The number of anilines is 4. The Morgan fingerprint density at radius 2 is 1.73 bits per heavy atom. The van der Waals surface area contributed by atoms with Crippen molar-refractivity contribution >= 4 is 52.3 Å². The van der Waals surface area contributed by atoms with Gasteiger partial charge in [-0.05, 0) is 37.3 Å². The number of para-hydroxylation sites is 1. The second-order valence-electron chi connectivity index (χ2n) is 7.71. The first-order valence-corrected chi connectivity index (χ1v) is 12.9. The number of benzene rings is 1. The van der Waals surface area contributed by atoms with Crippen molar-refractivity contribution in [3.8, 4) is 5.75 Å². The molecule has 2 aromatic heterocycles. The lowest BCUT2D eigenvalue weighted by atomic mass is 10.1. The lowest BCUT2D eigenvalue weighted by Crippen LogP contribution is -2.26. The topological polar surface area (TPSA) is 225 Å². The van der Waals surface area contributed by atoms with Crippen LogP contribution in [-0.2, 0) is 0 Å². The number of nitrogen functional groups attached to an aromatic ring is 2. The summed E-state index contributed by atoms with van der Waals surface area (Å²) in [5.74, 6) is 5.81. The number of halogens is 1. The summed E-state index contributed by atoms with van der Waals surface area (Å²) >= 11 is 6.00. The number of methoxy groups -OCH3 is 1. The average molecular weight is 588 g/mol. The van der Waals surface area contributed by atoms with E-state index in [9.17, 15) is 9.59 Å². The maximum Gasteiger partial charge on any atom is 0.269 e. The lowest BCUT2D eigenvalue weighted by molar-refractivity contribution is 0.0947. The summed E-state index contributed by atoms with van der Waals surface area (Å²) in [5, 5.41) is 13.4. The number of hydrogen-bond acceptors (Lipinski definition) is 11. The Balaban J connectivity index is 0.000000500. The molecule has 2 amide bonds. The van der Waals surface area contributed by atoms with Crippen molar-refractivity contribution < 1.29 is 14.3 Å². The van der Waals surface area contributed by atoms with Gasteiger partial charge in [0, 0.05) is 20.6 Å². The van der Waals surface area contributed by atoms with Gasteiger partial charge in [-0.15, -0.1) is 5.10 Å². The van der Waals surface area contributed by atoms with Crippen LogP contribution in [-0.4, -0.2) is 60.5 Å². The van der Waals surface area contributed by atoms with E-state index in [4.69, 9.17) is 39.4 Å². The zero-order chi connectivity index (χ0) is 31.1. The third-order valence-corrected chi connectivity index (χ3v) is 5.03. The molecule has 0 spiro atoms. The molecule has 0 radical (unpaired) electrons. The molecule has 0 fully saturated rings. The Morgan fingerprint density at radius 1 is 1.07 bits per heavy atom. The van der Waals surface area contributed by atoms with E-state index in [2.05, 4.69) is 31.0 Å². The normalized spacial score (nSPS) is 10.2. The highest BCUT2D eigenvalue weighted by atomic mass is 35.5. The van der Waals surface area contributed by atoms with Gasteiger partial charge >= 0.3 is 0 Å². The highest BCUT2D eigenvalue weighted by Gasteiger charge is 2.19. The summed E-state index contributed by atoms with van der Waals surface area (Å²) in [5.41, 5.74) is 19.1. The smallest absolute Gasteiger partial charge is 0.269 e. The summed E-state index contributed by atoms with van der Waals surface area (Å²) in [7, 11) is 4.51. The van der Waals surface area contributed by atoms with Crippen molar-refractivity contribution in [2.45, 2.75) is 20.8 Å². The molecule has 2 heterocycles. The molecule has 11 N–H and O–H groups in total. The Bertz CT molecular complexity index is 1350. The molecule has 1 aromatic carbocycles. The number of ether oxygens (including phenoxy) is 1. The van der Waals surface area contributed by atoms with Crippen molar-refractivity contribution in [2.24, 2.45) is 16.7 Å². The Labute approximate surface area is 244 Å². The zero-order valence-electron chi connectivity index (χ0n) is 23.9. The molecule has 3 aromatic rings. The van der Waals surface area contributed by atoms with Crippen molar-refractivity contribution in [1.82, 2.24) is 25.7 Å². The van der Waals surface area contributed by atoms with Gasteiger partial charge in [0.1, 0.15) is 28.0 Å². The van der Waals surface area contributed by atoms with Crippen LogP contribution in [0.5, 0.6) is 5.75 Å². The van der Waals surface area contributed by atoms with Crippen LogP contribution in [0.3, 0.4) is 0 Å². The molecule has 15 heteroatoms. The molecule has 3 rings (SSSR count). The molecule has 0 bridgehead atoms. The number of nitrogens with one attached hydrogen (secondary N) is 3. The summed E-state index contributed by atoms with van der Waals surface area (Å²) in [4.78, 5) is 31.1. The first kappa shape index (κ1) is 34.2. The van der Waals surface area contributed by atoms with Crippen molar-refractivity contribution in [3.63, 3.8) is 0 Å². The van der Waals surface area contributed by atoms with Crippen LogP contribution in [0.15, 0.2) is 47.6 Å². The minimum atomic E-state index is -0.417. The van der Waals surface area contributed by atoms with E-state index < -0.39 is 5.91 Å². The predicted octanol–water partition coefficient (Wildman–Crippen LogP) is 2.29. The number of aromatic nitrogens is 2. The highest BCUT2D eigenvalue weighted by Crippen LogP contribution is 2.34. The summed E-state index contributed by atoms with van der Waals surface area (Å²) in [6, 6.07) is 11.7. The van der Waals surface area contributed by atoms with E-state index in [1.165, 1.54) is 20.2 Å². The molecule has 222 valence electrons. The molecule has 0 aliphatic rings. The number of hydrazone groups is 1. The number of amides is 2. The third-order valence-electron chi connectivity index (χ3n) is 4.84. The highest BCUT2D eigenvalue weighted by molar-refractivity contribution is 6.30. The van der Waals surface area contributed by atoms with Crippen LogP contribution in [0.25, 0.3) is 0 Å². The fourth-order valence-electron chi connectivity index (χ4n) is 3.25. The summed E-state index contributed by atoms with van der Waals surface area (Å²) < 4.78 is 5.48. The van der Waals surface area contributed by atoms with Gasteiger partial charge in [-0.3, -0.25) is 9.59 Å². The number of amidine groups is 1. The molecule has 14 nitrogen and oxygen atoms in total. The summed E-state index contributed by atoms with van der Waals surface area (Å²) in [6.45, 7) is 6.44. The van der Waals surface area contributed by atoms with Crippen LogP contribution < -0.4 is 43.7 Å². The Kier molecular flexibility index (Phi) is 14.2. The largest absolute Gasteiger partial charge is 0.494 e. The fraction of sp³-hybridized carbons (Fsp3) is 0.269. The predicted molar refractivity (Wildman–Crippen MR) is 164 cm³/mol. The van der Waals surface area contributed by atoms with Gasteiger partial charge in [0.25, 0.3) is 11.8 Å². The molecular formula is C26H38ClN11O3. The number of pyridine rings is 2. The summed E-state index contributed by atoms with van der Waals surface area (Å²) in [6.07, 6.45) is 0. The van der Waals surface area contributed by atoms with Crippen LogP contribution in [0.1, 0.15) is 47.2 Å². The standard InChI is InChI=1S/C16H21ClN8O2.C8H11N3O.C2H6/c1-21-16(26)12-10(7-11(17)23-15(12)19)22-9-6-4-5-8(13(9)27-3)14(18)24-25(2)20;1-2-10-8(12)6-4-3-5-7(9)11-6;1-2/h4-7H,20H2,1-3H3,(H2,18,24)(H,21,26)(H3,19,22,23);3-5H,2H2,1H3,(H2,9,11)(H,10,12);1-2H3. The third kappa shape index (κ3) is 10.0. The minimum absolute atomic E-state index is 0.00898. The first-order chi connectivity index (χ1) is 19.5. The number of nitrogens with two attached hydrogens (primary N) is 4. The Hall–Kier alpha value is -4.82. The Morgan fingerprint density at radius 3 is 2.29 bits per heavy atom. The van der Waals surface area contributed by atoms with E-state index in [-0.39, 0.29) is 28.3 Å². The maximum absolute atomic E-state index is 12.2. The fourth-order valence-corrected chi connectivity index (χ4v) is 3.45. The van der Waals surface area contributed by atoms with E-state index in [1.54, 1.807) is 43.4 Å². The molecule has 0 saturated heterocycles.